The summed E-state index contributed by atoms with van der Waals surface area (Å²) in [5.74, 6) is 0. The number of hydrogen-bond acceptors (Lipinski definition) is 1. The zero-order valence-electron chi connectivity index (χ0n) is 8.95. The van der Waals surface area contributed by atoms with Gasteiger partial charge in [-0.1, -0.05) is 40.2 Å². The van der Waals surface area contributed by atoms with Gasteiger partial charge in [0, 0.05) is 10.5 Å². The minimum Gasteiger partial charge on any atom is -0.327 e. The Kier molecular flexibility index (Phi) is 5.66. The van der Waals surface area contributed by atoms with E-state index in [2.05, 4.69) is 40.7 Å². The first-order valence-electron chi connectivity index (χ1n) is 5.34. The lowest BCUT2D eigenvalue weighted by molar-refractivity contribution is 0.583. The molecule has 0 bridgehead atoms. The van der Waals surface area contributed by atoms with Gasteiger partial charge in [-0.15, -0.1) is 6.58 Å². The van der Waals surface area contributed by atoms with Crippen LogP contribution in [0.3, 0.4) is 0 Å². The fraction of sp³-hybridized carbons (Fsp3) is 0.385. The molecule has 0 aliphatic rings. The van der Waals surface area contributed by atoms with Gasteiger partial charge in [-0.05, 0) is 37.3 Å². The van der Waals surface area contributed by atoms with Gasteiger partial charge in [-0.25, -0.2) is 0 Å². The molecule has 1 aromatic rings. The molecule has 2 N–H and O–H groups in total. The number of unbranched alkanes of at least 4 members (excludes halogenated alkanes) is 1. The lowest BCUT2D eigenvalue weighted by atomic mass is 10.0. The molecule has 15 heavy (non-hydrogen) atoms. The molecule has 1 nitrogen and oxygen atoms in total. The number of hydrogen-bond donors (Lipinski definition) is 1. The summed E-state index contributed by atoms with van der Waals surface area (Å²) in [5, 5.41) is 0. The van der Waals surface area contributed by atoms with Gasteiger partial charge in [0.25, 0.3) is 0 Å². The van der Waals surface area contributed by atoms with Gasteiger partial charge in [0.05, 0.1) is 0 Å². The highest BCUT2D eigenvalue weighted by atomic mass is 79.9. The second kappa shape index (κ2) is 6.81. The summed E-state index contributed by atoms with van der Waals surface area (Å²) in [4.78, 5) is 0. The first-order valence-corrected chi connectivity index (χ1v) is 6.13. The van der Waals surface area contributed by atoms with Crippen molar-refractivity contribution in [1.29, 1.82) is 0 Å². The van der Waals surface area contributed by atoms with Gasteiger partial charge in [-0.2, -0.15) is 0 Å². The molecule has 0 radical (unpaired) electrons. The Morgan fingerprint density at radius 1 is 1.40 bits per heavy atom. The van der Waals surface area contributed by atoms with Crippen molar-refractivity contribution in [3.05, 3.63) is 47.0 Å². The van der Waals surface area contributed by atoms with E-state index in [1.54, 1.807) is 0 Å². The maximum absolute atomic E-state index is 6.06. The summed E-state index contributed by atoms with van der Waals surface area (Å²) < 4.78 is 1.16. The van der Waals surface area contributed by atoms with E-state index in [1.165, 1.54) is 5.56 Å². The summed E-state index contributed by atoms with van der Waals surface area (Å²) in [7, 11) is 0. The van der Waals surface area contributed by atoms with Crippen molar-refractivity contribution in [1.82, 2.24) is 0 Å². The third-order valence-corrected chi connectivity index (χ3v) is 3.20. The van der Waals surface area contributed by atoms with Crippen LogP contribution >= 0.6 is 15.9 Å². The van der Waals surface area contributed by atoms with Crippen LogP contribution in [-0.4, -0.2) is 6.04 Å². The van der Waals surface area contributed by atoms with Gasteiger partial charge in [0.1, 0.15) is 0 Å². The van der Waals surface area contributed by atoms with E-state index in [4.69, 9.17) is 5.73 Å². The second-order valence-corrected chi connectivity index (χ2v) is 4.63. The highest BCUT2D eigenvalue weighted by Crippen LogP contribution is 2.18. The average Bonchev–Trinajstić information content (AvgIpc) is 2.22. The summed E-state index contributed by atoms with van der Waals surface area (Å²) in [6, 6.07) is 8.51. The molecule has 0 aliphatic heterocycles. The van der Waals surface area contributed by atoms with E-state index in [9.17, 15) is 0 Å². The first-order chi connectivity index (χ1) is 7.24. The van der Waals surface area contributed by atoms with Crippen LogP contribution in [0.1, 0.15) is 24.8 Å². The average molecular weight is 268 g/mol. The highest BCUT2D eigenvalue weighted by Gasteiger charge is 2.05. The SMILES string of the molecule is C=CCCC[C@@H](N)Cc1ccccc1Br. The smallest absolute Gasteiger partial charge is 0.0207 e. The standard InChI is InChI=1S/C13H18BrN/c1-2-3-4-8-12(15)10-11-7-5-6-9-13(11)14/h2,5-7,9,12H,1,3-4,8,10,15H2/t12-/m1/s1. The minimum atomic E-state index is 0.253. The van der Waals surface area contributed by atoms with E-state index < -0.39 is 0 Å². The third kappa shape index (κ3) is 4.63. The highest BCUT2D eigenvalue weighted by molar-refractivity contribution is 9.10. The maximum Gasteiger partial charge on any atom is 0.0207 e. The molecule has 0 spiro atoms. The van der Waals surface area contributed by atoms with Crippen LogP contribution in [0.2, 0.25) is 0 Å². The number of benzene rings is 1. The summed E-state index contributed by atoms with van der Waals surface area (Å²) in [6.45, 7) is 3.71. The van der Waals surface area contributed by atoms with Crippen LogP contribution in [-0.2, 0) is 6.42 Å². The summed E-state index contributed by atoms with van der Waals surface area (Å²) >= 11 is 3.53. The Bertz CT molecular complexity index is 309. The van der Waals surface area contributed by atoms with Gasteiger partial charge in [-0.3, -0.25) is 0 Å². The monoisotopic (exact) mass is 267 g/mol. The van der Waals surface area contributed by atoms with E-state index in [0.29, 0.717) is 0 Å². The quantitative estimate of drug-likeness (QED) is 0.618. The number of allylic oxidation sites excluding steroid dienone is 1. The Labute approximate surface area is 101 Å². The van der Waals surface area contributed by atoms with E-state index in [1.807, 2.05) is 12.1 Å². The fourth-order valence-corrected chi connectivity index (χ4v) is 2.02. The van der Waals surface area contributed by atoms with Crippen LogP contribution in [0, 0.1) is 0 Å². The second-order valence-electron chi connectivity index (χ2n) is 3.78. The normalized spacial score (nSPS) is 12.4. The zero-order valence-corrected chi connectivity index (χ0v) is 10.5. The molecule has 1 aromatic carbocycles. The molecule has 0 heterocycles. The van der Waals surface area contributed by atoms with Crippen molar-refractivity contribution in [3.8, 4) is 0 Å². The number of halogens is 1. The van der Waals surface area contributed by atoms with E-state index in [-0.39, 0.29) is 6.04 Å². The first kappa shape index (κ1) is 12.5. The van der Waals surface area contributed by atoms with Crippen molar-refractivity contribution >= 4 is 15.9 Å². The molecule has 0 saturated carbocycles. The van der Waals surface area contributed by atoms with Gasteiger partial charge < -0.3 is 5.73 Å². The lowest BCUT2D eigenvalue weighted by Gasteiger charge is -2.12. The molecule has 0 aliphatic carbocycles. The molecule has 0 amide bonds. The van der Waals surface area contributed by atoms with Gasteiger partial charge >= 0.3 is 0 Å². The molecule has 2 heteroatoms. The van der Waals surface area contributed by atoms with Crippen molar-refractivity contribution in [3.63, 3.8) is 0 Å². The van der Waals surface area contributed by atoms with Gasteiger partial charge in [0.2, 0.25) is 0 Å². The van der Waals surface area contributed by atoms with Crippen molar-refractivity contribution in [2.75, 3.05) is 0 Å². The zero-order chi connectivity index (χ0) is 11.1. The topological polar surface area (TPSA) is 26.0 Å². The maximum atomic E-state index is 6.06. The molecule has 0 aromatic heterocycles. The molecular formula is C13H18BrN. The minimum absolute atomic E-state index is 0.253. The Hall–Kier alpha value is -0.600. The molecule has 82 valence electrons. The van der Waals surface area contributed by atoms with Crippen molar-refractivity contribution in [2.24, 2.45) is 5.73 Å². The van der Waals surface area contributed by atoms with Crippen LogP contribution < -0.4 is 5.73 Å². The van der Waals surface area contributed by atoms with Crippen LogP contribution in [0.25, 0.3) is 0 Å². The lowest BCUT2D eigenvalue weighted by Crippen LogP contribution is -2.22. The van der Waals surface area contributed by atoms with Crippen LogP contribution in [0.4, 0.5) is 0 Å². The molecule has 0 saturated heterocycles. The van der Waals surface area contributed by atoms with Crippen LogP contribution in [0.5, 0.6) is 0 Å². The molecule has 0 unspecified atom stereocenters. The van der Waals surface area contributed by atoms with Crippen LogP contribution in [0.15, 0.2) is 41.4 Å². The Morgan fingerprint density at radius 3 is 2.80 bits per heavy atom. The van der Waals surface area contributed by atoms with Gasteiger partial charge in [0.15, 0.2) is 0 Å². The van der Waals surface area contributed by atoms with Crippen molar-refractivity contribution < 1.29 is 0 Å². The Balaban J connectivity index is 2.40. The van der Waals surface area contributed by atoms with E-state index >= 15 is 0 Å². The van der Waals surface area contributed by atoms with Crippen molar-refractivity contribution in [2.45, 2.75) is 31.7 Å². The molecule has 1 rings (SSSR count). The molecule has 0 fully saturated rings. The fourth-order valence-electron chi connectivity index (χ4n) is 1.57. The largest absolute Gasteiger partial charge is 0.327 e. The third-order valence-electron chi connectivity index (χ3n) is 2.42. The predicted molar refractivity (Wildman–Crippen MR) is 69.9 cm³/mol. The number of rotatable bonds is 6. The summed E-state index contributed by atoms with van der Waals surface area (Å²) in [5.41, 5.74) is 7.36. The van der Waals surface area contributed by atoms with E-state index in [0.717, 1.165) is 30.2 Å². The predicted octanol–water partition coefficient (Wildman–Crippen LogP) is 3.68. The number of nitrogens with two attached hydrogens (primary N) is 1. The molecular weight excluding hydrogens is 250 g/mol. The summed E-state index contributed by atoms with van der Waals surface area (Å²) in [6.07, 6.45) is 6.15. The Morgan fingerprint density at radius 2 is 2.13 bits per heavy atom. The molecule has 1 atom stereocenters.